The van der Waals surface area contributed by atoms with Crippen molar-refractivity contribution in [2.45, 2.75) is 0 Å². The Kier molecular flexibility index (Phi) is 4.80. The van der Waals surface area contributed by atoms with Crippen LogP contribution in [-0.4, -0.2) is 60.0 Å². The van der Waals surface area contributed by atoms with E-state index in [1.54, 1.807) is 23.1 Å². The number of aromatic nitrogens is 5. The fourth-order valence-electron chi connectivity index (χ4n) is 3.48. The number of carbonyl (C=O) groups is 1. The topological polar surface area (TPSA) is 102 Å². The Morgan fingerprint density at radius 3 is 2.60 bits per heavy atom. The third-order valence-corrected chi connectivity index (χ3v) is 5.97. The van der Waals surface area contributed by atoms with Crippen LogP contribution in [-0.2, 0) is 0 Å². The summed E-state index contributed by atoms with van der Waals surface area (Å²) in [7, 11) is 0. The number of hydrogen-bond acceptors (Lipinski definition) is 7. The Morgan fingerprint density at radius 2 is 1.87 bits per heavy atom. The van der Waals surface area contributed by atoms with Crippen molar-refractivity contribution in [2.75, 3.05) is 30.3 Å². The van der Waals surface area contributed by atoms with Crippen molar-refractivity contribution in [1.82, 2.24) is 29.5 Å². The summed E-state index contributed by atoms with van der Waals surface area (Å²) in [6.45, 7) is 1.57. The number of amides is 1. The predicted molar refractivity (Wildman–Crippen MR) is 117 cm³/mol. The lowest BCUT2D eigenvalue weighted by Crippen LogP contribution is -2.37. The van der Waals surface area contributed by atoms with Gasteiger partial charge < -0.3 is 10.6 Å². The fourth-order valence-corrected chi connectivity index (χ4v) is 4.38. The van der Waals surface area contributed by atoms with Crippen molar-refractivity contribution in [1.29, 1.82) is 0 Å². The van der Waals surface area contributed by atoms with Gasteiger partial charge in [0.2, 0.25) is 0 Å². The molecule has 1 amide bonds. The number of nitrogens with two attached hydrogens (primary N) is 1. The van der Waals surface area contributed by atoms with Gasteiger partial charge in [-0.05, 0) is 24.3 Å². The summed E-state index contributed by atoms with van der Waals surface area (Å²) in [4.78, 5) is 27.9. The number of fused-ring (bicyclic) bond motifs is 1. The maximum Gasteiger partial charge on any atom is 0.255 e. The monoisotopic (exact) mass is 417 g/mol. The summed E-state index contributed by atoms with van der Waals surface area (Å²) in [6, 6.07) is 9.27. The molecule has 9 heteroatoms. The number of rotatable bonds is 3. The van der Waals surface area contributed by atoms with E-state index < -0.39 is 0 Å². The number of anilines is 1. The number of carbonyl (C=O) groups excluding carboxylic acids is 1. The number of nitrogen functional groups attached to an aromatic ring is 1. The molecule has 0 aliphatic carbocycles. The van der Waals surface area contributed by atoms with Crippen molar-refractivity contribution >= 4 is 29.1 Å². The standard InChI is InChI=1S/C21H19N7OS/c22-19-18(17-3-1-2-6-23-17)20-25-12-15(13-28(20)26-19)16-5-4-14(11-24-16)21(29)27-7-9-30-10-8-27/h1-6,11-13H,7-10H2,(H2,22,26). The number of nitrogens with zero attached hydrogens (tertiary/aromatic N) is 6. The van der Waals surface area contributed by atoms with Gasteiger partial charge in [-0.2, -0.15) is 11.8 Å². The van der Waals surface area contributed by atoms with Crippen LogP contribution in [0, 0.1) is 0 Å². The van der Waals surface area contributed by atoms with Crippen molar-refractivity contribution in [3.8, 4) is 22.5 Å². The van der Waals surface area contributed by atoms with E-state index in [9.17, 15) is 4.79 Å². The van der Waals surface area contributed by atoms with Gasteiger partial charge in [0.15, 0.2) is 11.5 Å². The van der Waals surface area contributed by atoms with Gasteiger partial charge in [-0.1, -0.05) is 6.07 Å². The van der Waals surface area contributed by atoms with Crippen LogP contribution in [0.4, 0.5) is 5.82 Å². The molecule has 2 N–H and O–H groups in total. The van der Waals surface area contributed by atoms with Gasteiger partial charge in [-0.25, -0.2) is 9.50 Å². The maximum atomic E-state index is 12.6. The molecule has 1 fully saturated rings. The van der Waals surface area contributed by atoms with Crippen LogP contribution >= 0.6 is 11.8 Å². The summed E-state index contributed by atoms with van der Waals surface area (Å²) in [5.74, 6) is 2.36. The highest BCUT2D eigenvalue weighted by Gasteiger charge is 2.19. The molecule has 5 heterocycles. The van der Waals surface area contributed by atoms with E-state index in [1.807, 2.05) is 53.2 Å². The smallest absolute Gasteiger partial charge is 0.255 e. The van der Waals surface area contributed by atoms with Gasteiger partial charge >= 0.3 is 0 Å². The summed E-state index contributed by atoms with van der Waals surface area (Å²) in [5.41, 5.74) is 10.3. The van der Waals surface area contributed by atoms with E-state index in [0.29, 0.717) is 28.3 Å². The highest BCUT2D eigenvalue weighted by atomic mass is 32.2. The molecule has 0 radical (unpaired) electrons. The molecule has 150 valence electrons. The predicted octanol–water partition coefficient (Wildman–Crippen LogP) is 2.62. The lowest BCUT2D eigenvalue weighted by Gasteiger charge is -2.26. The van der Waals surface area contributed by atoms with Crippen LogP contribution in [0.25, 0.3) is 28.2 Å². The van der Waals surface area contributed by atoms with Crippen molar-refractivity contribution in [3.63, 3.8) is 0 Å². The van der Waals surface area contributed by atoms with Gasteiger partial charge in [0.1, 0.15) is 0 Å². The summed E-state index contributed by atoms with van der Waals surface area (Å²) < 4.78 is 1.64. The molecule has 30 heavy (non-hydrogen) atoms. The van der Waals surface area contributed by atoms with Crippen LogP contribution in [0.15, 0.2) is 55.1 Å². The van der Waals surface area contributed by atoms with E-state index in [1.165, 1.54) is 0 Å². The van der Waals surface area contributed by atoms with Crippen LogP contribution in [0.3, 0.4) is 0 Å². The Labute approximate surface area is 177 Å². The molecule has 0 spiro atoms. The lowest BCUT2D eigenvalue weighted by molar-refractivity contribution is 0.0772. The molecule has 0 bridgehead atoms. The number of hydrogen-bond donors (Lipinski definition) is 1. The van der Waals surface area contributed by atoms with Gasteiger partial charge in [-0.3, -0.25) is 14.8 Å². The SMILES string of the molecule is Nc1nn2cc(-c3ccc(C(=O)N4CCSCC4)cn3)cnc2c1-c1ccccn1. The second-order valence-electron chi connectivity index (χ2n) is 6.92. The minimum absolute atomic E-state index is 0.0304. The minimum atomic E-state index is 0.0304. The average molecular weight is 417 g/mol. The quantitative estimate of drug-likeness (QED) is 0.547. The molecule has 0 unspecified atom stereocenters. The Balaban J connectivity index is 1.44. The molecule has 0 saturated carbocycles. The lowest BCUT2D eigenvalue weighted by atomic mass is 10.1. The molecular weight excluding hydrogens is 398 g/mol. The number of thioether (sulfide) groups is 1. The van der Waals surface area contributed by atoms with E-state index in [4.69, 9.17) is 5.73 Å². The first-order chi connectivity index (χ1) is 14.7. The van der Waals surface area contributed by atoms with Gasteiger partial charge in [0.05, 0.1) is 22.5 Å². The second kappa shape index (κ2) is 7.75. The molecule has 0 atom stereocenters. The van der Waals surface area contributed by atoms with Crippen LogP contribution in [0.5, 0.6) is 0 Å². The van der Waals surface area contributed by atoms with Crippen molar-refractivity contribution in [3.05, 3.63) is 60.7 Å². The summed E-state index contributed by atoms with van der Waals surface area (Å²) in [5, 5.41) is 4.38. The zero-order valence-electron chi connectivity index (χ0n) is 16.1. The molecule has 1 aliphatic rings. The van der Waals surface area contributed by atoms with E-state index >= 15 is 0 Å². The highest BCUT2D eigenvalue weighted by Crippen LogP contribution is 2.28. The number of pyridine rings is 2. The summed E-state index contributed by atoms with van der Waals surface area (Å²) in [6.07, 6.45) is 6.90. The summed E-state index contributed by atoms with van der Waals surface area (Å²) >= 11 is 1.88. The van der Waals surface area contributed by atoms with Gasteiger partial charge in [0.25, 0.3) is 5.91 Å². The molecule has 4 aromatic heterocycles. The molecule has 5 rings (SSSR count). The van der Waals surface area contributed by atoms with Crippen LogP contribution < -0.4 is 5.73 Å². The van der Waals surface area contributed by atoms with E-state index in [2.05, 4.69) is 20.1 Å². The Morgan fingerprint density at radius 1 is 1.00 bits per heavy atom. The Hall–Kier alpha value is -3.46. The maximum absolute atomic E-state index is 12.6. The van der Waals surface area contributed by atoms with Gasteiger partial charge in [0, 0.05) is 54.9 Å². The van der Waals surface area contributed by atoms with Crippen LogP contribution in [0.2, 0.25) is 0 Å². The first-order valence-corrected chi connectivity index (χ1v) is 10.7. The first-order valence-electron chi connectivity index (χ1n) is 9.59. The molecule has 1 saturated heterocycles. The molecular formula is C21H19N7OS. The van der Waals surface area contributed by atoms with E-state index in [0.717, 1.165) is 35.9 Å². The van der Waals surface area contributed by atoms with Crippen molar-refractivity contribution < 1.29 is 4.79 Å². The van der Waals surface area contributed by atoms with Gasteiger partial charge in [-0.15, -0.1) is 5.10 Å². The largest absolute Gasteiger partial charge is 0.382 e. The molecule has 1 aliphatic heterocycles. The minimum Gasteiger partial charge on any atom is -0.382 e. The second-order valence-corrected chi connectivity index (χ2v) is 8.15. The highest BCUT2D eigenvalue weighted by molar-refractivity contribution is 7.99. The third-order valence-electron chi connectivity index (χ3n) is 5.03. The zero-order valence-corrected chi connectivity index (χ0v) is 16.9. The Bertz CT molecular complexity index is 1200. The molecule has 8 nitrogen and oxygen atoms in total. The normalized spacial score (nSPS) is 14.2. The first kappa shape index (κ1) is 18.6. The molecule has 4 aromatic rings. The fraction of sp³-hybridized carbons (Fsp3) is 0.190. The molecule has 0 aromatic carbocycles. The van der Waals surface area contributed by atoms with E-state index in [-0.39, 0.29) is 5.91 Å². The average Bonchev–Trinajstić information content (AvgIpc) is 3.14. The zero-order chi connectivity index (χ0) is 20.5. The van der Waals surface area contributed by atoms with Crippen molar-refractivity contribution in [2.24, 2.45) is 0 Å². The third kappa shape index (κ3) is 3.37. The van der Waals surface area contributed by atoms with Crippen LogP contribution in [0.1, 0.15) is 10.4 Å².